The van der Waals surface area contributed by atoms with Crippen LogP contribution in [0, 0.1) is 5.92 Å². The summed E-state index contributed by atoms with van der Waals surface area (Å²) in [7, 11) is 1.83. The van der Waals surface area contributed by atoms with Crippen LogP contribution in [0.2, 0.25) is 0 Å². The minimum absolute atomic E-state index is 0.184. The van der Waals surface area contributed by atoms with Gasteiger partial charge in [-0.15, -0.1) is 11.3 Å². The average Bonchev–Trinajstić information content (AvgIpc) is 3.27. The number of hydrogen-bond acceptors (Lipinski definition) is 5. The molecule has 1 aromatic heterocycles. The average molecular weight is 450 g/mol. The first-order valence-electron chi connectivity index (χ1n) is 11.6. The molecular weight excluding hydrogens is 410 g/mol. The Balaban J connectivity index is 1.36. The van der Waals surface area contributed by atoms with Gasteiger partial charge in [0.25, 0.3) is 0 Å². The van der Waals surface area contributed by atoms with Crippen LogP contribution in [0.4, 0.5) is 9.80 Å². The largest absolute Gasteiger partial charge is 0.444 e. The lowest BCUT2D eigenvalue weighted by atomic mass is 9.95. The third-order valence-electron chi connectivity index (χ3n) is 5.89. The summed E-state index contributed by atoms with van der Waals surface area (Å²) in [6.45, 7) is 10.4. The van der Waals surface area contributed by atoms with Crippen LogP contribution in [-0.4, -0.2) is 68.4 Å². The van der Waals surface area contributed by atoms with Crippen LogP contribution in [-0.2, 0) is 4.74 Å². The molecule has 0 spiro atoms. The van der Waals surface area contributed by atoms with Crippen molar-refractivity contribution in [2.45, 2.75) is 64.5 Å². The Morgan fingerprint density at radius 1 is 1.26 bits per heavy atom. The number of aliphatic imine (C=N–C) groups is 1. The number of nitrogens with zero attached hydrogens (tertiary/aromatic N) is 3. The van der Waals surface area contributed by atoms with Gasteiger partial charge in [0.2, 0.25) is 0 Å². The predicted octanol–water partition coefficient (Wildman–Crippen LogP) is 3.92. The zero-order valence-corrected chi connectivity index (χ0v) is 20.3. The van der Waals surface area contributed by atoms with E-state index in [1.165, 1.54) is 5.00 Å². The standard InChI is InChI=1S/C23H39N5O2S/c1-23(2,3)30-22(29)28-13-5-7-18(17-28)9-12-25-21(24-4)26-19-10-14-27(15-11-19)20-8-6-16-31-20/h6,8,16,18-19H,5,7,9-15,17H2,1-4H3,(H2,24,25,26). The zero-order chi connectivity index (χ0) is 22.3. The quantitative estimate of drug-likeness (QED) is 0.527. The van der Waals surface area contributed by atoms with Gasteiger partial charge in [-0.05, 0) is 76.3 Å². The van der Waals surface area contributed by atoms with E-state index in [9.17, 15) is 4.79 Å². The Bertz CT molecular complexity index is 708. The molecule has 0 aliphatic carbocycles. The second-order valence-electron chi connectivity index (χ2n) is 9.58. The van der Waals surface area contributed by atoms with Crippen molar-refractivity contribution in [1.29, 1.82) is 0 Å². The van der Waals surface area contributed by atoms with Crippen molar-refractivity contribution >= 4 is 28.4 Å². The third kappa shape index (κ3) is 7.59. The number of thiophene rings is 1. The first-order valence-corrected chi connectivity index (χ1v) is 12.5. The monoisotopic (exact) mass is 449 g/mol. The van der Waals surface area contributed by atoms with Gasteiger partial charge in [0, 0.05) is 45.8 Å². The molecule has 0 bridgehead atoms. The Morgan fingerprint density at radius 2 is 2.03 bits per heavy atom. The van der Waals surface area contributed by atoms with E-state index < -0.39 is 5.60 Å². The lowest BCUT2D eigenvalue weighted by Gasteiger charge is -2.34. The topological polar surface area (TPSA) is 69.2 Å². The molecule has 1 amide bonds. The van der Waals surface area contributed by atoms with Gasteiger partial charge in [-0.2, -0.15) is 0 Å². The molecule has 8 heteroatoms. The third-order valence-corrected chi connectivity index (χ3v) is 6.82. The van der Waals surface area contributed by atoms with Gasteiger partial charge in [0.1, 0.15) is 5.60 Å². The number of rotatable bonds is 5. The van der Waals surface area contributed by atoms with Crippen molar-refractivity contribution in [3.05, 3.63) is 17.5 Å². The van der Waals surface area contributed by atoms with Crippen molar-refractivity contribution < 1.29 is 9.53 Å². The highest BCUT2D eigenvalue weighted by Gasteiger charge is 2.27. The van der Waals surface area contributed by atoms with E-state index in [0.29, 0.717) is 12.0 Å². The highest BCUT2D eigenvalue weighted by atomic mass is 32.1. The van der Waals surface area contributed by atoms with E-state index in [1.54, 1.807) is 0 Å². The first-order chi connectivity index (χ1) is 14.8. The number of anilines is 1. The van der Waals surface area contributed by atoms with Gasteiger partial charge in [0.05, 0.1) is 5.00 Å². The molecule has 2 fully saturated rings. The molecule has 174 valence electrons. The van der Waals surface area contributed by atoms with E-state index >= 15 is 0 Å². The van der Waals surface area contributed by atoms with E-state index in [0.717, 1.165) is 70.8 Å². The van der Waals surface area contributed by atoms with Crippen LogP contribution in [0.3, 0.4) is 0 Å². The van der Waals surface area contributed by atoms with Gasteiger partial charge in [-0.25, -0.2) is 4.79 Å². The second kappa shape index (κ2) is 11.1. The molecule has 0 radical (unpaired) electrons. The number of ether oxygens (including phenoxy) is 1. The Hall–Kier alpha value is -1.96. The highest BCUT2D eigenvalue weighted by molar-refractivity contribution is 7.14. The molecule has 1 unspecified atom stereocenters. The van der Waals surface area contributed by atoms with Crippen molar-refractivity contribution in [3.63, 3.8) is 0 Å². The van der Waals surface area contributed by atoms with E-state index in [2.05, 4.69) is 38.0 Å². The van der Waals surface area contributed by atoms with Gasteiger partial charge in [-0.3, -0.25) is 4.99 Å². The van der Waals surface area contributed by atoms with E-state index in [4.69, 9.17) is 4.74 Å². The van der Waals surface area contributed by atoms with Gasteiger partial charge in [-0.1, -0.05) is 0 Å². The van der Waals surface area contributed by atoms with Gasteiger partial charge >= 0.3 is 6.09 Å². The van der Waals surface area contributed by atoms with Gasteiger partial charge in [0.15, 0.2) is 5.96 Å². The van der Waals surface area contributed by atoms with Crippen LogP contribution in [0.1, 0.15) is 52.9 Å². The SMILES string of the molecule is CN=C(NCCC1CCCN(C(=O)OC(C)(C)C)C1)NC1CCN(c2cccs2)CC1. The zero-order valence-electron chi connectivity index (χ0n) is 19.5. The number of likely N-dealkylation sites (tertiary alicyclic amines) is 1. The summed E-state index contributed by atoms with van der Waals surface area (Å²) in [5.74, 6) is 1.38. The van der Waals surface area contributed by atoms with E-state index in [1.807, 2.05) is 44.1 Å². The number of carbonyl (C=O) groups is 1. The molecule has 31 heavy (non-hydrogen) atoms. The lowest BCUT2D eigenvalue weighted by molar-refractivity contribution is 0.0162. The number of piperidine rings is 2. The number of amides is 1. The number of hydrogen-bond donors (Lipinski definition) is 2. The summed E-state index contributed by atoms with van der Waals surface area (Å²) < 4.78 is 5.54. The molecule has 2 aliphatic heterocycles. The summed E-state index contributed by atoms with van der Waals surface area (Å²) in [4.78, 5) is 21.1. The molecule has 2 N–H and O–H groups in total. The summed E-state index contributed by atoms with van der Waals surface area (Å²) in [6.07, 6.45) is 5.28. The van der Waals surface area contributed by atoms with Crippen LogP contribution in [0.25, 0.3) is 0 Å². The van der Waals surface area contributed by atoms with Crippen LogP contribution in [0.5, 0.6) is 0 Å². The summed E-state index contributed by atoms with van der Waals surface area (Å²) in [6, 6.07) is 4.78. The van der Waals surface area contributed by atoms with Gasteiger partial charge < -0.3 is 25.2 Å². The molecule has 7 nitrogen and oxygen atoms in total. The maximum Gasteiger partial charge on any atom is 0.410 e. The van der Waals surface area contributed by atoms with Crippen LogP contribution in [0.15, 0.2) is 22.5 Å². The number of guanidine groups is 1. The maximum atomic E-state index is 12.4. The fourth-order valence-electron chi connectivity index (χ4n) is 4.27. The molecule has 3 heterocycles. The molecule has 2 saturated heterocycles. The first kappa shape index (κ1) is 23.7. The number of carbonyl (C=O) groups excluding carboxylic acids is 1. The van der Waals surface area contributed by atoms with Crippen molar-refractivity contribution in [3.8, 4) is 0 Å². The molecular formula is C23H39N5O2S. The summed E-state index contributed by atoms with van der Waals surface area (Å²) in [5.41, 5.74) is -0.441. The van der Waals surface area contributed by atoms with Crippen molar-refractivity contribution in [1.82, 2.24) is 15.5 Å². The van der Waals surface area contributed by atoms with Crippen LogP contribution < -0.4 is 15.5 Å². The van der Waals surface area contributed by atoms with Crippen LogP contribution >= 0.6 is 11.3 Å². The van der Waals surface area contributed by atoms with Crippen molar-refractivity contribution in [2.24, 2.45) is 10.9 Å². The van der Waals surface area contributed by atoms with E-state index in [-0.39, 0.29) is 6.09 Å². The molecule has 0 saturated carbocycles. The Kier molecular flexibility index (Phi) is 8.46. The molecule has 3 rings (SSSR count). The Labute approximate surface area is 191 Å². The van der Waals surface area contributed by atoms with Crippen molar-refractivity contribution in [2.75, 3.05) is 44.7 Å². The fourth-order valence-corrected chi connectivity index (χ4v) is 5.06. The minimum atomic E-state index is -0.441. The fraction of sp³-hybridized carbons (Fsp3) is 0.739. The molecule has 2 aliphatic rings. The minimum Gasteiger partial charge on any atom is -0.444 e. The number of nitrogens with one attached hydrogen (secondary N) is 2. The molecule has 1 aromatic rings. The summed E-state index contributed by atoms with van der Waals surface area (Å²) in [5, 5.41) is 10.6. The normalized spacial score (nSPS) is 21.2. The maximum absolute atomic E-state index is 12.4. The smallest absolute Gasteiger partial charge is 0.410 e. The second-order valence-corrected chi connectivity index (χ2v) is 10.5. The summed E-state index contributed by atoms with van der Waals surface area (Å²) >= 11 is 1.82. The molecule has 1 atom stereocenters. The molecule has 0 aromatic carbocycles. The Morgan fingerprint density at radius 3 is 2.68 bits per heavy atom. The predicted molar refractivity (Wildman–Crippen MR) is 129 cm³/mol. The lowest BCUT2D eigenvalue weighted by Crippen LogP contribution is -2.49. The highest BCUT2D eigenvalue weighted by Crippen LogP contribution is 2.25.